The topological polar surface area (TPSA) is 40.6 Å². The Morgan fingerprint density at radius 3 is 1.32 bits per heavy atom. The molecule has 0 aromatic rings. The quantitative estimate of drug-likeness (QED) is 0.804. The van der Waals surface area contributed by atoms with Crippen LogP contribution >= 0.6 is 0 Å². The molecule has 0 aliphatic carbocycles. The molecule has 2 heterocycles. The van der Waals surface area contributed by atoms with E-state index in [2.05, 4.69) is 27.7 Å². The van der Waals surface area contributed by atoms with Crippen molar-refractivity contribution in [2.24, 2.45) is 23.7 Å². The normalized spacial score (nSPS) is 34.8. The lowest BCUT2D eigenvalue weighted by molar-refractivity contribution is -0.146. The smallest absolute Gasteiger partial charge is 0.226 e. The molecule has 2 aliphatic heterocycles. The van der Waals surface area contributed by atoms with Gasteiger partial charge in [-0.05, 0) is 38.5 Å². The van der Waals surface area contributed by atoms with Gasteiger partial charge in [-0.25, -0.2) is 0 Å². The first-order valence-corrected chi connectivity index (χ1v) is 8.86. The highest BCUT2D eigenvalue weighted by Gasteiger charge is 2.39. The van der Waals surface area contributed by atoms with Crippen LogP contribution in [0.25, 0.3) is 0 Å². The Morgan fingerprint density at radius 1 is 0.773 bits per heavy atom. The molecule has 0 radical (unpaired) electrons. The van der Waals surface area contributed by atoms with Crippen molar-refractivity contribution < 1.29 is 9.59 Å². The molecular formula is C18H32N2O2. The van der Waals surface area contributed by atoms with Crippen molar-refractivity contribution in [3.05, 3.63) is 0 Å². The first-order chi connectivity index (χ1) is 10.3. The van der Waals surface area contributed by atoms with Crippen LogP contribution in [0, 0.1) is 23.7 Å². The van der Waals surface area contributed by atoms with E-state index in [1.165, 1.54) is 0 Å². The van der Waals surface area contributed by atoms with Gasteiger partial charge >= 0.3 is 0 Å². The average Bonchev–Trinajstić information content (AvgIpc) is 3.00. The van der Waals surface area contributed by atoms with Crippen LogP contribution in [0.1, 0.15) is 54.4 Å². The minimum Gasteiger partial charge on any atom is -0.339 e. The van der Waals surface area contributed by atoms with E-state index in [4.69, 9.17) is 0 Å². The third kappa shape index (κ3) is 3.02. The molecule has 0 spiro atoms. The van der Waals surface area contributed by atoms with E-state index in [9.17, 15) is 9.59 Å². The van der Waals surface area contributed by atoms with Crippen LogP contribution in [0.3, 0.4) is 0 Å². The number of hydrogen-bond donors (Lipinski definition) is 0. The van der Waals surface area contributed by atoms with Gasteiger partial charge < -0.3 is 9.80 Å². The summed E-state index contributed by atoms with van der Waals surface area (Å²) in [4.78, 5) is 29.5. The van der Waals surface area contributed by atoms with Gasteiger partial charge in [-0.2, -0.15) is 0 Å². The van der Waals surface area contributed by atoms with E-state index in [1.54, 1.807) is 0 Å². The SMILES string of the molecule is C[C@@H]1CCN(C(=O)[C@H](C)[C@H](C)C(=O)N2CC[C@H](C)[C@@H]2C)[C@@H]1C. The largest absolute Gasteiger partial charge is 0.339 e. The molecule has 0 N–H and O–H groups in total. The third-order valence-electron chi connectivity index (χ3n) is 6.38. The zero-order valence-electron chi connectivity index (χ0n) is 15.0. The van der Waals surface area contributed by atoms with Gasteiger partial charge in [0.1, 0.15) is 0 Å². The van der Waals surface area contributed by atoms with Crippen molar-refractivity contribution in [2.45, 2.75) is 66.5 Å². The second kappa shape index (κ2) is 6.59. The van der Waals surface area contributed by atoms with Crippen molar-refractivity contribution in [3.8, 4) is 0 Å². The van der Waals surface area contributed by atoms with Crippen LogP contribution in [0.2, 0.25) is 0 Å². The molecule has 0 aromatic carbocycles. The summed E-state index contributed by atoms with van der Waals surface area (Å²) >= 11 is 0. The van der Waals surface area contributed by atoms with E-state index in [0.29, 0.717) is 23.9 Å². The molecular weight excluding hydrogens is 276 g/mol. The van der Waals surface area contributed by atoms with Crippen molar-refractivity contribution in [3.63, 3.8) is 0 Å². The summed E-state index contributed by atoms with van der Waals surface area (Å²) in [6.45, 7) is 14.2. The molecule has 0 bridgehead atoms. The fourth-order valence-electron chi connectivity index (χ4n) is 3.76. The number of carbonyl (C=O) groups is 2. The van der Waals surface area contributed by atoms with Crippen LogP contribution in [0.15, 0.2) is 0 Å². The Morgan fingerprint density at radius 2 is 1.09 bits per heavy atom. The number of amides is 2. The fraction of sp³-hybridized carbons (Fsp3) is 0.889. The van der Waals surface area contributed by atoms with Crippen molar-refractivity contribution in [1.29, 1.82) is 0 Å². The molecule has 2 amide bonds. The Balaban J connectivity index is 2.01. The number of likely N-dealkylation sites (tertiary alicyclic amines) is 2. The van der Waals surface area contributed by atoms with Crippen LogP contribution in [0.5, 0.6) is 0 Å². The second-order valence-electron chi connectivity index (χ2n) is 7.65. The third-order valence-corrected chi connectivity index (χ3v) is 6.38. The summed E-state index contributed by atoms with van der Waals surface area (Å²) in [7, 11) is 0. The molecule has 2 saturated heterocycles. The lowest BCUT2D eigenvalue weighted by atomic mass is 9.92. The maximum atomic E-state index is 12.8. The fourth-order valence-corrected chi connectivity index (χ4v) is 3.76. The maximum absolute atomic E-state index is 12.8. The predicted molar refractivity (Wildman–Crippen MR) is 88.2 cm³/mol. The first-order valence-electron chi connectivity index (χ1n) is 8.86. The molecule has 126 valence electrons. The van der Waals surface area contributed by atoms with Gasteiger partial charge in [0.05, 0.1) is 0 Å². The van der Waals surface area contributed by atoms with E-state index in [-0.39, 0.29) is 23.7 Å². The number of carbonyl (C=O) groups excluding carboxylic acids is 2. The maximum Gasteiger partial charge on any atom is 0.226 e. The Bertz CT molecular complexity index is 397. The van der Waals surface area contributed by atoms with Gasteiger partial charge in [-0.3, -0.25) is 9.59 Å². The highest BCUT2D eigenvalue weighted by molar-refractivity contribution is 5.87. The van der Waals surface area contributed by atoms with Crippen LogP contribution < -0.4 is 0 Å². The Kier molecular flexibility index (Phi) is 5.18. The van der Waals surface area contributed by atoms with Crippen LogP contribution in [0.4, 0.5) is 0 Å². The molecule has 22 heavy (non-hydrogen) atoms. The van der Waals surface area contributed by atoms with Gasteiger partial charge in [0, 0.05) is 37.0 Å². The average molecular weight is 308 g/mol. The minimum atomic E-state index is -0.233. The summed E-state index contributed by atoms with van der Waals surface area (Å²) in [6, 6.07) is 0.589. The molecule has 6 atom stereocenters. The van der Waals surface area contributed by atoms with Crippen molar-refractivity contribution in [1.82, 2.24) is 9.80 Å². The van der Waals surface area contributed by atoms with E-state index in [1.807, 2.05) is 23.6 Å². The van der Waals surface area contributed by atoms with Crippen LogP contribution in [-0.2, 0) is 9.59 Å². The zero-order valence-corrected chi connectivity index (χ0v) is 15.0. The monoisotopic (exact) mass is 308 g/mol. The van der Waals surface area contributed by atoms with E-state index in [0.717, 1.165) is 25.9 Å². The Hall–Kier alpha value is -1.06. The van der Waals surface area contributed by atoms with Crippen molar-refractivity contribution >= 4 is 11.8 Å². The summed E-state index contributed by atoms with van der Waals surface area (Å²) < 4.78 is 0. The van der Waals surface area contributed by atoms with Crippen molar-refractivity contribution in [2.75, 3.05) is 13.1 Å². The molecule has 0 aromatic heterocycles. The molecule has 0 unspecified atom stereocenters. The molecule has 2 rings (SSSR count). The summed E-state index contributed by atoms with van der Waals surface area (Å²) in [5.41, 5.74) is 0. The summed E-state index contributed by atoms with van der Waals surface area (Å²) in [5.74, 6) is 0.949. The Labute approximate surface area is 135 Å². The predicted octanol–water partition coefficient (Wildman–Crippen LogP) is 2.77. The van der Waals surface area contributed by atoms with Gasteiger partial charge in [0.25, 0.3) is 0 Å². The zero-order chi connectivity index (χ0) is 16.6. The van der Waals surface area contributed by atoms with Gasteiger partial charge in [-0.1, -0.05) is 27.7 Å². The number of rotatable bonds is 3. The van der Waals surface area contributed by atoms with Gasteiger partial charge in [-0.15, -0.1) is 0 Å². The van der Waals surface area contributed by atoms with Gasteiger partial charge in [0.15, 0.2) is 0 Å². The standard InChI is InChI=1S/C18H32N2O2/c1-11-7-9-19(15(11)5)17(21)13(3)14(4)18(22)20-10-8-12(2)16(20)6/h11-16H,7-10H2,1-6H3/t11-,12+,13-,14+,15-,16+. The summed E-state index contributed by atoms with van der Waals surface area (Å²) in [6.07, 6.45) is 2.14. The first kappa shape index (κ1) is 17.3. The molecule has 2 fully saturated rings. The van der Waals surface area contributed by atoms with E-state index >= 15 is 0 Å². The van der Waals surface area contributed by atoms with E-state index < -0.39 is 0 Å². The lowest BCUT2D eigenvalue weighted by Gasteiger charge is -2.32. The minimum absolute atomic E-state index is 0.151. The molecule has 2 aliphatic rings. The molecule has 0 saturated carbocycles. The highest BCUT2D eigenvalue weighted by atomic mass is 16.2. The van der Waals surface area contributed by atoms with Gasteiger partial charge in [0.2, 0.25) is 11.8 Å². The number of nitrogens with zero attached hydrogens (tertiary/aromatic N) is 2. The highest BCUT2D eigenvalue weighted by Crippen LogP contribution is 2.30. The molecule has 4 heteroatoms. The number of hydrogen-bond acceptors (Lipinski definition) is 2. The summed E-state index contributed by atoms with van der Waals surface area (Å²) in [5, 5.41) is 0. The lowest BCUT2D eigenvalue weighted by Crippen LogP contribution is -2.46. The second-order valence-corrected chi connectivity index (χ2v) is 7.65. The molecule has 4 nitrogen and oxygen atoms in total. The van der Waals surface area contributed by atoms with Crippen LogP contribution in [-0.4, -0.2) is 46.8 Å².